The number of nitrogens with zero attached hydrogens (tertiary/aromatic N) is 1. The summed E-state index contributed by atoms with van der Waals surface area (Å²) < 4.78 is 2.69. The first-order chi connectivity index (χ1) is 27.3. The van der Waals surface area contributed by atoms with Gasteiger partial charge in [0.1, 0.15) is 0 Å². The first kappa shape index (κ1) is 31.8. The van der Waals surface area contributed by atoms with Gasteiger partial charge in [-0.3, -0.25) is 0 Å². The van der Waals surface area contributed by atoms with E-state index in [0.717, 1.165) is 17.1 Å². The Morgan fingerprint density at radius 1 is 0.364 bits per heavy atom. The third kappa shape index (κ3) is 4.78. The summed E-state index contributed by atoms with van der Waals surface area (Å²) in [7, 11) is 0. The van der Waals surface area contributed by atoms with Crippen LogP contribution in [0, 0.1) is 0 Å². The molecule has 1 aromatic heterocycles. The van der Waals surface area contributed by atoms with E-state index in [2.05, 4.69) is 217 Å². The van der Waals surface area contributed by atoms with Crippen LogP contribution in [-0.4, -0.2) is 0 Å². The van der Waals surface area contributed by atoms with Crippen molar-refractivity contribution in [3.05, 3.63) is 235 Å². The minimum Gasteiger partial charge on any atom is -0.310 e. The lowest BCUT2D eigenvalue weighted by molar-refractivity contribution is 0.768. The molecule has 0 saturated heterocycles. The van der Waals surface area contributed by atoms with Crippen LogP contribution in [-0.2, 0) is 5.41 Å². The molecule has 0 fully saturated rings. The molecule has 0 N–H and O–H groups in total. The zero-order chi connectivity index (χ0) is 36.3. The van der Waals surface area contributed by atoms with E-state index in [4.69, 9.17) is 0 Å². The van der Waals surface area contributed by atoms with E-state index in [1.54, 1.807) is 0 Å². The summed E-state index contributed by atoms with van der Waals surface area (Å²) in [6.07, 6.45) is 0. The normalized spacial score (nSPS) is 12.9. The van der Waals surface area contributed by atoms with Crippen LogP contribution in [0.2, 0.25) is 0 Å². The van der Waals surface area contributed by atoms with Gasteiger partial charge >= 0.3 is 0 Å². The van der Waals surface area contributed by atoms with Gasteiger partial charge in [-0.25, -0.2) is 0 Å². The Bertz CT molecular complexity index is 2980. The quantitative estimate of drug-likeness (QED) is 0.166. The van der Waals surface area contributed by atoms with E-state index in [1.165, 1.54) is 75.5 Å². The van der Waals surface area contributed by atoms with Crippen LogP contribution < -0.4 is 4.90 Å². The number of hydrogen-bond acceptors (Lipinski definition) is 2. The van der Waals surface area contributed by atoms with Crippen molar-refractivity contribution < 1.29 is 0 Å². The molecule has 1 aliphatic rings. The maximum atomic E-state index is 2.44. The lowest BCUT2D eigenvalue weighted by atomic mass is 9.68. The number of thiophene rings is 1. The number of anilines is 3. The van der Waals surface area contributed by atoms with Crippen LogP contribution in [0.4, 0.5) is 17.1 Å². The highest BCUT2D eigenvalue weighted by Gasteiger charge is 2.47. The highest BCUT2D eigenvalue weighted by Crippen LogP contribution is 2.59. The molecule has 0 saturated carbocycles. The molecule has 0 radical (unpaired) electrons. The lowest BCUT2D eigenvalue weighted by Crippen LogP contribution is -2.28. The Balaban J connectivity index is 1.11. The van der Waals surface area contributed by atoms with Gasteiger partial charge in [0.25, 0.3) is 0 Å². The molecular weight excluding hydrogens is 683 g/mol. The van der Waals surface area contributed by atoms with Crippen molar-refractivity contribution in [3.63, 3.8) is 0 Å². The fourth-order valence-corrected chi connectivity index (χ4v) is 10.6. The third-order valence-corrected chi connectivity index (χ3v) is 12.8. The maximum absolute atomic E-state index is 2.44. The Kier molecular flexibility index (Phi) is 7.33. The summed E-state index contributed by atoms with van der Waals surface area (Å²) in [6.45, 7) is 0. The summed E-state index contributed by atoms with van der Waals surface area (Å²) >= 11 is 1.91. The standard InChI is InChI=1S/C53H35NS/c1-4-17-38(18-5-1)53(39-19-6-2-7-20-39)47-27-13-12-24-46(47)50-48(53)28-15-29-49(50)54(40-21-8-3-9-22-40)41-33-30-37(31-34-41)43-25-14-26-44-45-35-32-36-16-10-11-23-42(36)52(45)55-51(43)44/h1-35H. The summed E-state index contributed by atoms with van der Waals surface area (Å²) in [6, 6.07) is 78.0. The van der Waals surface area contributed by atoms with Crippen LogP contribution >= 0.6 is 11.3 Å². The number of fused-ring (bicyclic) bond motifs is 8. The van der Waals surface area contributed by atoms with E-state index >= 15 is 0 Å². The Morgan fingerprint density at radius 3 is 1.69 bits per heavy atom. The molecule has 1 nitrogen and oxygen atoms in total. The Morgan fingerprint density at radius 2 is 0.927 bits per heavy atom. The van der Waals surface area contributed by atoms with Crippen molar-refractivity contribution >= 4 is 59.3 Å². The highest BCUT2D eigenvalue weighted by molar-refractivity contribution is 7.27. The molecule has 0 unspecified atom stereocenters. The van der Waals surface area contributed by atoms with Gasteiger partial charge in [0, 0.05) is 37.1 Å². The predicted octanol–water partition coefficient (Wildman–Crippen LogP) is 14.7. The lowest BCUT2D eigenvalue weighted by Gasteiger charge is -2.34. The minimum absolute atomic E-state index is 0.467. The Hall–Kier alpha value is -6.74. The SMILES string of the molecule is c1ccc(N(c2ccc(-c3cccc4c3sc3c5ccccc5ccc43)cc2)c2cccc3c2-c2ccccc2C3(c2ccccc2)c2ccccc2)cc1. The Labute approximate surface area is 325 Å². The molecule has 0 atom stereocenters. The second kappa shape index (κ2) is 12.7. The fraction of sp³-hybridized carbons (Fsp3) is 0.0189. The van der Waals surface area contributed by atoms with Crippen molar-refractivity contribution in [2.75, 3.05) is 4.90 Å². The number of benzene rings is 9. The predicted molar refractivity (Wildman–Crippen MR) is 234 cm³/mol. The van der Waals surface area contributed by atoms with E-state index in [-0.39, 0.29) is 0 Å². The minimum atomic E-state index is -0.467. The van der Waals surface area contributed by atoms with Crippen molar-refractivity contribution in [2.45, 2.75) is 5.41 Å². The molecule has 2 heteroatoms. The summed E-state index contributed by atoms with van der Waals surface area (Å²) in [5.74, 6) is 0. The van der Waals surface area contributed by atoms with Gasteiger partial charge in [0.05, 0.1) is 11.1 Å². The molecule has 0 spiro atoms. The molecular formula is C53H35NS. The average molecular weight is 718 g/mol. The summed E-state index contributed by atoms with van der Waals surface area (Å²) in [5.41, 5.74) is 13.1. The smallest absolute Gasteiger partial charge is 0.0714 e. The van der Waals surface area contributed by atoms with Crippen molar-refractivity contribution in [2.24, 2.45) is 0 Å². The third-order valence-electron chi connectivity index (χ3n) is 11.5. The van der Waals surface area contributed by atoms with E-state index in [1.807, 2.05) is 11.3 Å². The van der Waals surface area contributed by atoms with Gasteiger partial charge in [-0.1, -0.05) is 182 Å². The van der Waals surface area contributed by atoms with Crippen molar-refractivity contribution in [3.8, 4) is 22.3 Å². The first-order valence-corrected chi connectivity index (χ1v) is 19.8. The summed E-state index contributed by atoms with van der Waals surface area (Å²) in [5, 5.41) is 5.25. The second-order valence-corrected chi connectivity index (χ2v) is 15.4. The molecule has 1 aliphatic carbocycles. The molecule has 0 amide bonds. The molecule has 0 bridgehead atoms. The molecule has 55 heavy (non-hydrogen) atoms. The largest absolute Gasteiger partial charge is 0.310 e. The van der Waals surface area contributed by atoms with E-state index in [0.29, 0.717) is 0 Å². The second-order valence-electron chi connectivity index (χ2n) is 14.4. The molecule has 258 valence electrons. The van der Waals surface area contributed by atoms with Crippen molar-refractivity contribution in [1.82, 2.24) is 0 Å². The fourth-order valence-electron chi connectivity index (χ4n) is 9.21. The van der Waals surface area contributed by atoms with Crippen molar-refractivity contribution in [1.29, 1.82) is 0 Å². The number of hydrogen-bond donors (Lipinski definition) is 0. The van der Waals surface area contributed by atoms with Crippen LogP contribution in [0.3, 0.4) is 0 Å². The van der Waals surface area contributed by atoms with Gasteiger partial charge in [0.2, 0.25) is 0 Å². The van der Waals surface area contributed by atoms with Crippen LogP contribution in [0.25, 0.3) is 53.2 Å². The van der Waals surface area contributed by atoms with Crippen LogP contribution in [0.15, 0.2) is 212 Å². The average Bonchev–Trinajstić information content (AvgIpc) is 3.80. The first-order valence-electron chi connectivity index (χ1n) is 18.9. The van der Waals surface area contributed by atoms with Gasteiger partial charge in [0.15, 0.2) is 0 Å². The van der Waals surface area contributed by atoms with Crippen LogP contribution in [0.5, 0.6) is 0 Å². The monoisotopic (exact) mass is 717 g/mol. The van der Waals surface area contributed by atoms with Gasteiger partial charge in [-0.2, -0.15) is 0 Å². The molecule has 11 rings (SSSR count). The van der Waals surface area contributed by atoms with Crippen LogP contribution in [0.1, 0.15) is 22.3 Å². The molecule has 1 heterocycles. The molecule has 9 aromatic carbocycles. The highest BCUT2D eigenvalue weighted by atomic mass is 32.1. The van der Waals surface area contributed by atoms with Gasteiger partial charge in [-0.05, 0) is 80.0 Å². The zero-order valence-electron chi connectivity index (χ0n) is 30.1. The zero-order valence-corrected chi connectivity index (χ0v) is 30.9. The number of para-hydroxylation sites is 1. The van der Waals surface area contributed by atoms with Gasteiger partial charge in [-0.15, -0.1) is 11.3 Å². The van der Waals surface area contributed by atoms with Gasteiger partial charge < -0.3 is 4.90 Å². The molecule has 10 aromatic rings. The van der Waals surface area contributed by atoms with E-state index < -0.39 is 5.41 Å². The molecule has 0 aliphatic heterocycles. The number of rotatable bonds is 6. The summed E-state index contributed by atoms with van der Waals surface area (Å²) in [4.78, 5) is 2.44. The maximum Gasteiger partial charge on any atom is 0.0714 e. The van der Waals surface area contributed by atoms with E-state index in [9.17, 15) is 0 Å². The topological polar surface area (TPSA) is 3.24 Å².